The quantitative estimate of drug-likeness (QED) is 0.832. The summed E-state index contributed by atoms with van der Waals surface area (Å²) in [7, 11) is 0. The van der Waals surface area contributed by atoms with Gasteiger partial charge in [-0.2, -0.15) is 0 Å². The number of hydrogen-bond donors (Lipinski definition) is 2. The Hall–Kier alpha value is -0.770. The van der Waals surface area contributed by atoms with Crippen LogP contribution >= 0.6 is 11.6 Å². The molecule has 2 rings (SSSR count). The highest BCUT2D eigenvalue weighted by molar-refractivity contribution is 6.30. The summed E-state index contributed by atoms with van der Waals surface area (Å²) >= 11 is 5.78. The largest absolute Gasteiger partial charge is 0.488 e. The van der Waals surface area contributed by atoms with Gasteiger partial charge in [0, 0.05) is 11.1 Å². The van der Waals surface area contributed by atoms with Crippen LogP contribution in [-0.4, -0.2) is 23.4 Å². The fraction of sp³-hybridized carbons (Fsp3) is 0.500. The van der Waals surface area contributed by atoms with E-state index in [-0.39, 0.29) is 12.1 Å². The highest BCUT2D eigenvalue weighted by atomic mass is 35.5. The first-order chi connectivity index (χ1) is 7.66. The fourth-order valence-corrected chi connectivity index (χ4v) is 2.11. The second-order valence-corrected chi connectivity index (χ2v) is 4.63. The lowest BCUT2D eigenvalue weighted by Gasteiger charge is -2.32. The molecule has 3 atom stereocenters. The van der Waals surface area contributed by atoms with Crippen molar-refractivity contribution >= 4 is 11.6 Å². The maximum absolute atomic E-state index is 9.88. The predicted octanol–water partition coefficient (Wildman–Crippen LogP) is 1.96. The first-order valence-electron chi connectivity index (χ1n) is 5.52. The zero-order valence-corrected chi connectivity index (χ0v) is 9.73. The zero-order chi connectivity index (χ0) is 11.5. The van der Waals surface area contributed by atoms with Crippen LogP contribution in [0.4, 0.5) is 0 Å². The van der Waals surface area contributed by atoms with Crippen molar-refractivity contribution < 1.29 is 9.84 Å². The molecule has 0 saturated heterocycles. The minimum atomic E-state index is -0.579. The van der Waals surface area contributed by atoms with Crippen LogP contribution in [0.1, 0.15) is 19.3 Å². The van der Waals surface area contributed by atoms with E-state index in [1.807, 2.05) is 0 Å². The Morgan fingerprint density at radius 2 is 1.94 bits per heavy atom. The Balaban J connectivity index is 2.00. The summed E-state index contributed by atoms with van der Waals surface area (Å²) < 4.78 is 5.70. The molecular formula is C12H16ClNO2. The molecule has 0 spiro atoms. The van der Waals surface area contributed by atoms with Gasteiger partial charge in [0.15, 0.2) is 0 Å². The third-order valence-corrected chi connectivity index (χ3v) is 3.20. The van der Waals surface area contributed by atoms with Gasteiger partial charge in [-0.05, 0) is 43.5 Å². The number of halogens is 1. The van der Waals surface area contributed by atoms with Crippen molar-refractivity contribution in [1.82, 2.24) is 0 Å². The third kappa shape index (κ3) is 2.67. The van der Waals surface area contributed by atoms with Crippen molar-refractivity contribution in [3.63, 3.8) is 0 Å². The lowest BCUT2D eigenvalue weighted by Crippen LogP contribution is -2.48. The predicted molar refractivity (Wildman–Crippen MR) is 63.7 cm³/mol. The highest BCUT2D eigenvalue weighted by Gasteiger charge is 2.30. The van der Waals surface area contributed by atoms with Crippen molar-refractivity contribution in [2.24, 2.45) is 5.73 Å². The molecule has 1 aromatic rings. The van der Waals surface area contributed by atoms with Gasteiger partial charge in [-0.1, -0.05) is 11.6 Å². The maximum atomic E-state index is 9.88. The molecule has 1 aliphatic carbocycles. The van der Waals surface area contributed by atoms with Gasteiger partial charge in [0.25, 0.3) is 0 Å². The summed E-state index contributed by atoms with van der Waals surface area (Å²) in [5.41, 5.74) is 5.80. The Kier molecular flexibility index (Phi) is 3.69. The molecule has 0 radical (unpaired) electrons. The molecule has 1 fully saturated rings. The van der Waals surface area contributed by atoms with E-state index in [0.29, 0.717) is 5.02 Å². The van der Waals surface area contributed by atoms with E-state index >= 15 is 0 Å². The monoisotopic (exact) mass is 241 g/mol. The van der Waals surface area contributed by atoms with E-state index in [9.17, 15) is 5.11 Å². The number of hydrogen-bond acceptors (Lipinski definition) is 3. The maximum Gasteiger partial charge on any atom is 0.126 e. The van der Waals surface area contributed by atoms with Gasteiger partial charge >= 0.3 is 0 Å². The van der Waals surface area contributed by atoms with Gasteiger partial charge in [-0.3, -0.25) is 0 Å². The average molecular weight is 242 g/mol. The molecule has 0 aliphatic heterocycles. The van der Waals surface area contributed by atoms with Crippen molar-refractivity contribution in [3.05, 3.63) is 29.3 Å². The third-order valence-electron chi connectivity index (χ3n) is 2.95. The van der Waals surface area contributed by atoms with Gasteiger partial charge < -0.3 is 15.6 Å². The first-order valence-corrected chi connectivity index (χ1v) is 5.90. The number of aliphatic hydroxyl groups is 1. The molecule has 1 saturated carbocycles. The molecule has 0 aromatic heterocycles. The molecule has 88 valence electrons. The lowest BCUT2D eigenvalue weighted by molar-refractivity contribution is -0.00585. The molecule has 0 heterocycles. The summed E-state index contributed by atoms with van der Waals surface area (Å²) in [6.45, 7) is 0. The van der Waals surface area contributed by atoms with Gasteiger partial charge in [0.1, 0.15) is 18.0 Å². The Morgan fingerprint density at radius 3 is 2.62 bits per heavy atom. The van der Waals surface area contributed by atoms with Gasteiger partial charge in [0.2, 0.25) is 0 Å². The normalized spacial score (nSPS) is 30.1. The molecule has 3 N–H and O–H groups in total. The van der Waals surface area contributed by atoms with E-state index in [2.05, 4.69) is 0 Å². The summed E-state index contributed by atoms with van der Waals surface area (Å²) in [5, 5.41) is 10.6. The van der Waals surface area contributed by atoms with E-state index < -0.39 is 6.10 Å². The van der Waals surface area contributed by atoms with Crippen LogP contribution in [0.5, 0.6) is 5.75 Å². The van der Waals surface area contributed by atoms with E-state index in [0.717, 1.165) is 25.0 Å². The van der Waals surface area contributed by atoms with Crippen LogP contribution in [0.25, 0.3) is 0 Å². The van der Waals surface area contributed by atoms with E-state index in [1.54, 1.807) is 24.3 Å². The number of rotatable bonds is 2. The first kappa shape index (κ1) is 11.7. The summed E-state index contributed by atoms with van der Waals surface area (Å²) in [6.07, 6.45) is 1.92. The molecule has 4 heteroatoms. The number of nitrogens with two attached hydrogens (primary N) is 1. The number of aliphatic hydroxyl groups excluding tert-OH is 1. The van der Waals surface area contributed by atoms with Crippen molar-refractivity contribution in [1.29, 1.82) is 0 Å². The molecule has 3 unspecified atom stereocenters. The molecule has 3 nitrogen and oxygen atoms in total. The Bertz CT molecular complexity index is 341. The SMILES string of the molecule is NC1CCCC(Oc2ccc(Cl)cc2)C1O. The molecule has 0 bridgehead atoms. The van der Waals surface area contributed by atoms with Crippen molar-refractivity contribution in [2.75, 3.05) is 0 Å². The number of ether oxygens (including phenoxy) is 1. The lowest BCUT2D eigenvalue weighted by atomic mass is 9.90. The molecule has 1 aromatic carbocycles. The van der Waals surface area contributed by atoms with Crippen LogP contribution in [-0.2, 0) is 0 Å². The second-order valence-electron chi connectivity index (χ2n) is 4.20. The fourth-order valence-electron chi connectivity index (χ4n) is 1.99. The van der Waals surface area contributed by atoms with Gasteiger partial charge in [-0.25, -0.2) is 0 Å². The van der Waals surface area contributed by atoms with Crippen LogP contribution < -0.4 is 10.5 Å². The minimum absolute atomic E-state index is 0.175. The van der Waals surface area contributed by atoms with Crippen molar-refractivity contribution in [3.8, 4) is 5.75 Å². The summed E-state index contributed by atoms with van der Waals surface area (Å²) in [6, 6.07) is 6.97. The van der Waals surface area contributed by atoms with Crippen LogP contribution in [0.2, 0.25) is 5.02 Å². The van der Waals surface area contributed by atoms with Crippen LogP contribution in [0.3, 0.4) is 0 Å². The molecule has 0 amide bonds. The smallest absolute Gasteiger partial charge is 0.126 e. The molecule has 16 heavy (non-hydrogen) atoms. The Labute approximate surface area is 100 Å². The Morgan fingerprint density at radius 1 is 1.25 bits per heavy atom. The topological polar surface area (TPSA) is 55.5 Å². The van der Waals surface area contributed by atoms with Crippen molar-refractivity contribution in [2.45, 2.75) is 37.5 Å². The number of benzene rings is 1. The highest BCUT2D eigenvalue weighted by Crippen LogP contribution is 2.24. The van der Waals surface area contributed by atoms with Crippen LogP contribution in [0, 0.1) is 0 Å². The van der Waals surface area contributed by atoms with E-state index in [4.69, 9.17) is 22.1 Å². The van der Waals surface area contributed by atoms with Gasteiger partial charge in [0.05, 0.1) is 0 Å². The zero-order valence-electron chi connectivity index (χ0n) is 8.97. The average Bonchev–Trinajstić information content (AvgIpc) is 2.28. The standard InChI is InChI=1S/C12H16ClNO2/c13-8-4-6-9(7-5-8)16-11-3-1-2-10(14)12(11)15/h4-7,10-12,15H,1-3,14H2. The summed E-state index contributed by atoms with van der Waals surface area (Å²) in [5.74, 6) is 0.725. The van der Waals surface area contributed by atoms with Gasteiger partial charge in [-0.15, -0.1) is 0 Å². The molecular weight excluding hydrogens is 226 g/mol. The minimum Gasteiger partial charge on any atom is -0.488 e. The second kappa shape index (κ2) is 5.04. The van der Waals surface area contributed by atoms with E-state index in [1.165, 1.54) is 0 Å². The molecule has 1 aliphatic rings. The van der Waals surface area contributed by atoms with Crippen LogP contribution in [0.15, 0.2) is 24.3 Å². The summed E-state index contributed by atoms with van der Waals surface area (Å²) in [4.78, 5) is 0.